The molecule has 0 radical (unpaired) electrons. The van der Waals surface area contributed by atoms with Crippen LogP contribution >= 0.6 is 0 Å². The summed E-state index contributed by atoms with van der Waals surface area (Å²) in [6, 6.07) is 3.66. The van der Waals surface area contributed by atoms with Gasteiger partial charge in [0.15, 0.2) is 0 Å². The summed E-state index contributed by atoms with van der Waals surface area (Å²) in [6.07, 6.45) is 4.38. The predicted octanol–water partition coefficient (Wildman–Crippen LogP) is 1.71. The molecule has 0 spiro atoms. The van der Waals surface area contributed by atoms with Crippen molar-refractivity contribution in [3.63, 3.8) is 0 Å². The van der Waals surface area contributed by atoms with Crippen LogP contribution in [0.4, 0.5) is 0 Å². The van der Waals surface area contributed by atoms with Crippen LogP contribution in [-0.4, -0.2) is 16.1 Å². The highest BCUT2D eigenvalue weighted by atomic mass is 16.4. The average molecular weight is 229 g/mol. The van der Waals surface area contributed by atoms with E-state index in [4.69, 9.17) is 5.11 Å². The van der Waals surface area contributed by atoms with Crippen molar-refractivity contribution in [1.29, 1.82) is 0 Å². The molecule has 0 unspecified atom stereocenters. The number of carboxylic acids is 1. The molecule has 0 aliphatic heterocycles. The van der Waals surface area contributed by atoms with Crippen LogP contribution < -0.4 is 5.43 Å². The van der Waals surface area contributed by atoms with Crippen molar-refractivity contribution in [2.24, 2.45) is 0 Å². The Balaban J connectivity index is 2.40. The van der Waals surface area contributed by atoms with Crippen LogP contribution in [0.2, 0.25) is 0 Å². The number of carboxylic acid groups (broad SMARTS) is 1. The number of aromatic amines is 1. The lowest BCUT2D eigenvalue weighted by Gasteiger charge is -2.05. The first-order valence-corrected chi connectivity index (χ1v) is 5.58. The third-order valence-electron chi connectivity index (χ3n) is 3.36. The Bertz CT molecular complexity index is 685. The molecule has 1 aromatic heterocycles. The molecule has 1 aromatic carbocycles. The fourth-order valence-electron chi connectivity index (χ4n) is 2.53. The van der Waals surface area contributed by atoms with Gasteiger partial charge < -0.3 is 10.1 Å². The molecule has 0 bridgehead atoms. The van der Waals surface area contributed by atoms with Gasteiger partial charge in [0.05, 0.1) is 5.52 Å². The number of hydrogen-bond acceptors (Lipinski definition) is 2. The SMILES string of the molecule is O=C(O)c1c[nH]c2c3c(ccc2c1=O)CCC3. The summed E-state index contributed by atoms with van der Waals surface area (Å²) in [6.45, 7) is 0. The van der Waals surface area contributed by atoms with Crippen LogP contribution in [0.5, 0.6) is 0 Å². The van der Waals surface area contributed by atoms with Gasteiger partial charge in [0.2, 0.25) is 5.43 Å². The highest BCUT2D eigenvalue weighted by molar-refractivity contribution is 5.93. The number of aryl methyl sites for hydroxylation is 2. The summed E-state index contributed by atoms with van der Waals surface area (Å²) in [4.78, 5) is 25.8. The maximum absolute atomic E-state index is 12.0. The summed E-state index contributed by atoms with van der Waals surface area (Å²) in [5.41, 5.74) is 2.62. The quantitative estimate of drug-likeness (QED) is 0.782. The summed E-state index contributed by atoms with van der Waals surface area (Å²) < 4.78 is 0. The van der Waals surface area contributed by atoms with E-state index < -0.39 is 11.4 Å². The lowest BCUT2D eigenvalue weighted by Crippen LogP contribution is -2.15. The summed E-state index contributed by atoms with van der Waals surface area (Å²) >= 11 is 0. The first-order chi connectivity index (χ1) is 8.18. The van der Waals surface area contributed by atoms with Crippen LogP contribution in [0.15, 0.2) is 23.1 Å². The fourth-order valence-corrected chi connectivity index (χ4v) is 2.53. The number of H-pyrrole nitrogens is 1. The topological polar surface area (TPSA) is 70.2 Å². The number of aromatic nitrogens is 1. The lowest BCUT2D eigenvalue weighted by molar-refractivity contribution is 0.0695. The first-order valence-electron chi connectivity index (χ1n) is 5.58. The normalized spacial score (nSPS) is 13.9. The van der Waals surface area contributed by atoms with Crippen molar-refractivity contribution in [3.05, 3.63) is 45.2 Å². The molecule has 86 valence electrons. The molecule has 4 nitrogen and oxygen atoms in total. The number of rotatable bonds is 1. The van der Waals surface area contributed by atoms with Gasteiger partial charge in [-0.25, -0.2) is 4.79 Å². The van der Waals surface area contributed by atoms with Gasteiger partial charge in [0, 0.05) is 11.6 Å². The minimum Gasteiger partial charge on any atom is -0.477 e. The molecule has 0 atom stereocenters. The second-order valence-corrected chi connectivity index (χ2v) is 4.32. The molecule has 2 N–H and O–H groups in total. The minimum absolute atomic E-state index is 0.199. The van der Waals surface area contributed by atoms with E-state index in [9.17, 15) is 9.59 Å². The zero-order chi connectivity index (χ0) is 12.0. The zero-order valence-electron chi connectivity index (χ0n) is 9.12. The van der Waals surface area contributed by atoms with Gasteiger partial charge in [-0.05, 0) is 36.5 Å². The number of benzene rings is 1. The summed E-state index contributed by atoms with van der Waals surface area (Å²) in [7, 11) is 0. The average Bonchev–Trinajstić information content (AvgIpc) is 2.77. The van der Waals surface area contributed by atoms with Crippen LogP contribution in [-0.2, 0) is 12.8 Å². The molecule has 4 heteroatoms. The van der Waals surface area contributed by atoms with Crippen molar-refractivity contribution in [1.82, 2.24) is 4.98 Å². The van der Waals surface area contributed by atoms with Crippen LogP contribution in [0.3, 0.4) is 0 Å². The summed E-state index contributed by atoms with van der Waals surface area (Å²) in [5, 5.41) is 9.38. The summed E-state index contributed by atoms with van der Waals surface area (Å²) in [5.74, 6) is -1.19. The largest absolute Gasteiger partial charge is 0.477 e. The van der Waals surface area contributed by atoms with Crippen molar-refractivity contribution in [2.45, 2.75) is 19.3 Å². The molecule has 1 aliphatic carbocycles. The van der Waals surface area contributed by atoms with Crippen LogP contribution in [0.1, 0.15) is 27.9 Å². The molecule has 0 amide bonds. The molecule has 1 heterocycles. The number of fused-ring (bicyclic) bond motifs is 3. The standard InChI is InChI=1S/C13H11NO3/c15-12-9-5-4-7-2-1-3-8(7)11(9)14-6-10(12)13(16)17/h4-6H,1-3H2,(H,14,15)(H,16,17). The van der Waals surface area contributed by atoms with E-state index in [1.165, 1.54) is 11.8 Å². The fraction of sp³-hybridized carbons (Fsp3) is 0.231. The van der Waals surface area contributed by atoms with E-state index in [1.54, 1.807) is 6.07 Å². The van der Waals surface area contributed by atoms with Crippen molar-refractivity contribution >= 4 is 16.9 Å². The van der Waals surface area contributed by atoms with Crippen LogP contribution in [0.25, 0.3) is 10.9 Å². The second kappa shape index (κ2) is 3.45. The molecule has 3 rings (SSSR count). The van der Waals surface area contributed by atoms with Gasteiger partial charge in [-0.2, -0.15) is 0 Å². The Labute approximate surface area is 96.9 Å². The number of pyridine rings is 1. The monoisotopic (exact) mass is 229 g/mol. The van der Waals surface area contributed by atoms with Crippen molar-refractivity contribution in [2.75, 3.05) is 0 Å². The second-order valence-electron chi connectivity index (χ2n) is 4.32. The lowest BCUT2D eigenvalue weighted by atomic mass is 10.0. The highest BCUT2D eigenvalue weighted by Gasteiger charge is 2.17. The van der Waals surface area contributed by atoms with Gasteiger partial charge in [-0.3, -0.25) is 4.79 Å². The smallest absolute Gasteiger partial charge is 0.341 e. The third kappa shape index (κ3) is 1.37. The van der Waals surface area contributed by atoms with Crippen LogP contribution in [0, 0.1) is 0 Å². The number of aromatic carboxylic acids is 1. The zero-order valence-corrected chi connectivity index (χ0v) is 9.12. The van der Waals surface area contributed by atoms with Gasteiger partial charge in [0.1, 0.15) is 5.56 Å². The van der Waals surface area contributed by atoms with E-state index >= 15 is 0 Å². The predicted molar refractivity (Wildman–Crippen MR) is 63.6 cm³/mol. The maximum Gasteiger partial charge on any atom is 0.341 e. The van der Waals surface area contributed by atoms with E-state index in [0.29, 0.717) is 5.39 Å². The Morgan fingerprint density at radius 2 is 2.12 bits per heavy atom. The Morgan fingerprint density at radius 3 is 2.88 bits per heavy atom. The first kappa shape index (κ1) is 10.1. The highest BCUT2D eigenvalue weighted by Crippen LogP contribution is 2.27. The van der Waals surface area contributed by atoms with E-state index in [0.717, 1.165) is 30.3 Å². The van der Waals surface area contributed by atoms with E-state index in [-0.39, 0.29) is 5.56 Å². The Kier molecular flexibility index (Phi) is 2.04. The van der Waals surface area contributed by atoms with Gasteiger partial charge >= 0.3 is 5.97 Å². The van der Waals surface area contributed by atoms with Gasteiger partial charge in [-0.1, -0.05) is 6.07 Å². The number of carbonyl (C=O) groups is 1. The molecule has 0 fully saturated rings. The number of nitrogens with one attached hydrogen (secondary N) is 1. The molecular formula is C13H11NO3. The van der Waals surface area contributed by atoms with Gasteiger partial charge in [-0.15, -0.1) is 0 Å². The van der Waals surface area contributed by atoms with Crippen molar-refractivity contribution < 1.29 is 9.90 Å². The molecule has 1 aliphatic rings. The van der Waals surface area contributed by atoms with Crippen molar-refractivity contribution in [3.8, 4) is 0 Å². The maximum atomic E-state index is 12.0. The molecule has 2 aromatic rings. The van der Waals surface area contributed by atoms with Gasteiger partial charge in [0.25, 0.3) is 0 Å². The third-order valence-corrected chi connectivity index (χ3v) is 3.36. The minimum atomic E-state index is -1.19. The molecular weight excluding hydrogens is 218 g/mol. The Morgan fingerprint density at radius 1 is 1.29 bits per heavy atom. The molecule has 0 saturated heterocycles. The molecule has 0 saturated carbocycles. The van der Waals surface area contributed by atoms with E-state index in [1.807, 2.05) is 6.07 Å². The number of hydrogen-bond donors (Lipinski definition) is 2. The Hall–Kier alpha value is -2.10. The molecule has 17 heavy (non-hydrogen) atoms. The van der Waals surface area contributed by atoms with E-state index in [2.05, 4.69) is 4.98 Å².